The molecule has 2 heteroatoms. The molecule has 102 valence electrons. The molecule has 0 atom stereocenters. The van der Waals surface area contributed by atoms with Crippen molar-refractivity contribution in [2.24, 2.45) is 0 Å². The van der Waals surface area contributed by atoms with E-state index in [1.807, 2.05) is 23.5 Å². The van der Waals surface area contributed by atoms with Gasteiger partial charge < -0.3 is 0 Å². The number of aryl methyl sites for hydroxylation is 1. The summed E-state index contributed by atoms with van der Waals surface area (Å²) in [5.74, 6) is 0. The summed E-state index contributed by atoms with van der Waals surface area (Å²) in [6.45, 7) is 2.20. The molecule has 0 aliphatic carbocycles. The van der Waals surface area contributed by atoms with E-state index < -0.39 is 0 Å². The molecule has 1 aliphatic heterocycles. The van der Waals surface area contributed by atoms with Crippen LogP contribution in [0.2, 0.25) is 0 Å². The average Bonchev–Trinajstić information content (AvgIpc) is 2.54. The summed E-state index contributed by atoms with van der Waals surface area (Å²) in [7, 11) is 0. The third-order valence-electron chi connectivity index (χ3n) is 3.66. The van der Waals surface area contributed by atoms with Crippen LogP contribution in [0.5, 0.6) is 0 Å². The second-order valence-electron chi connectivity index (χ2n) is 5.11. The van der Waals surface area contributed by atoms with Gasteiger partial charge in [-0.25, -0.2) is 0 Å². The summed E-state index contributed by atoms with van der Waals surface area (Å²) < 4.78 is 0. The molecule has 0 aromatic heterocycles. The van der Waals surface area contributed by atoms with Crippen molar-refractivity contribution in [1.29, 1.82) is 0 Å². The lowest BCUT2D eigenvalue weighted by Crippen LogP contribution is -1.94. The Morgan fingerprint density at radius 2 is 1.33 bits per heavy atom. The SMILES string of the molecule is Cc1cccc2c1Sc1c(cccc1-c1ccccc1)S2. The molecule has 3 aromatic rings. The number of hydrogen-bond donors (Lipinski definition) is 0. The quantitative estimate of drug-likeness (QED) is 0.406. The molecule has 0 N–H and O–H groups in total. The van der Waals surface area contributed by atoms with Crippen molar-refractivity contribution in [3.63, 3.8) is 0 Å². The van der Waals surface area contributed by atoms with Crippen molar-refractivity contribution in [1.82, 2.24) is 0 Å². The van der Waals surface area contributed by atoms with Crippen molar-refractivity contribution in [3.8, 4) is 11.1 Å². The first kappa shape index (κ1) is 13.1. The minimum Gasteiger partial charge on any atom is -0.0877 e. The lowest BCUT2D eigenvalue weighted by atomic mass is 10.1. The zero-order chi connectivity index (χ0) is 14.2. The highest BCUT2D eigenvalue weighted by atomic mass is 32.2. The lowest BCUT2D eigenvalue weighted by Gasteiger charge is -2.22. The van der Waals surface area contributed by atoms with E-state index in [-0.39, 0.29) is 0 Å². The maximum absolute atomic E-state index is 2.23. The Kier molecular flexibility index (Phi) is 3.28. The predicted molar refractivity (Wildman–Crippen MR) is 91.3 cm³/mol. The van der Waals surface area contributed by atoms with E-state index in [4.69, 9.17) is 0 Å². The Hall–Kier alpha value is -1.64. The van der Waals surface area contributed by atoms with E-state index in [2.05, 4.69) is 73.7 Å². The van der Waals surface area contributed by atoms with Crippen LogP contribution in [0.25, 0.3) is 11.1 Å². The molecule has 0 radical (unpaired) electrons. The number of fused-ring (bicyclic) bond motifs is 2. The fraction of sp³-hybridized carbons (Fsp3) is 0.0526. The van der Waals surface area contributed by atoms with Crippen molar-refractivity contribution in [2.75, 3.05) is 0 Å². The van der Waals surface area contributed by atoms with Gasteiger partial charge >= 0.3 is 0 Å². The molecule has 1 heterocycles. The zero-order valence-electron chi connectivity index (χ0n) is 11.7. The number of benzene rings is 3. The molecular formula is C19H14S2. The van der Waals surface area contributed by atoms with Gasteiger partial charge in [0.05, 0.1) is 0 Å². The van der Waals surface area contributed by atoms with Crippen molar-refractivity contribution in [2.45, 2.75) is 26.5 Å². The fourth-order valence-electron chi connectivity index (χ4n) is 2.60. The maximum Gasteiger partial charge on any atom is 0.0340 e. The van der Waals surface area contributed by atoms with E-state index in [1.165, 1.54) is 36.3 Å². The summed E-state index contributed by atoms with van der Waals surface area (Å²) in [4.78, 5) is 5.52. The van der Waals surface area contributed by atoms with E-state index in [0.29, 0.717) is 0 Å². The van der Waals surface area contributed by atoms with Crippen LogP contribution in [0.3, 0.4) is 0 Å². The van der Waals surface area contributed by atoms with Gasteiger partial charge in [-0.1, -0.05) is 78.1 Å². The summed E-state index contributed by atoms with van der Waals surface area (Å²) in [5.41, 5.74) is 3.98. The highest BCUT2D eigenvalue weighted by Gasteiger charge is 2.21. The van der Waals surface area contributed by atoms with Gasteiger partial charge in [-0.15, -0.1) is 0 Å². The van der Waals surface area contributed by atoms with Crippen LogP contribution in [0.15, 0.2) is 86.3 Å². The summed E-state index contributed by atoms with van der Waals surface area (Å²) in [6.07, 6.45) is 0. The van der Waals surface area contributed by atoms with Gasteiger partial charge in [0.1, 0.15) is 0 Å². The van der Waals surface area contributed by atoms with Gasteiger partial charge in [-0.2, -0.15) is 0 Å². The van der Waals surface area contributed by atoms with E-state index in [9.17, 15) is 0 Å². The Morgan fingerprint density at radius 3 is 2.14 bits per heavy atom. The van der Waals surface area contributed by atoms with Crippen LogP contribution in [-0.4, -0.2) is 0 Å². The predicted octanol–water partition coefficient (Wildman–Crippen LogP) is 6.28. The third-order valence-corrected chi connectivity index (χ3v) is 6.43. The molecule has 0 unspecified atom stereocenters. The van der Waals surface area contributed by atoms with Crippen molar-refractivity contribution in [3.05, 3.63) is 72.3 Å². The zero-order valence-corrected chi connectivity index (χ0v) is 13.3. The normalized spacial score (nSPS) is 12.6. The molecule has 0 fully saturated rings. The second kappa shape index (κ2) is 5.28. The van der Waals surface area contributed by atoms with Crippen LogP contribution in [0, 0.1) is 6.92 Å². The molecule has 0 bridgehead atoms. The van der Waals surface area contributed by atoms with Gasteiger partial charge in [0.15, 0.2) is 0 Å². The molecule has 4 rings (SSSR count). The summed E-state index contributed by atoms with van der Waals surface area (Å²) >= 11 is 3.79. The highest BCUT2D eigenvalue weighted by Crippen LogP contribution is 2.52. The minimum absolute atomic E-state index is 1.29. The Bertz CT molecular complexity index is 807. The van der Waals surface area contributed by atoms with Crippen LogP contribution < -0.4 is 0 Å². The Labute approximate surface area is 133 Å². The minimum atomic E-state index is 1.29. The van der Waals surface area contributed by atoms with Gasteiger partial charge in [0.2, 0.25) is 0 Å². The molecule has 1 aliphatic rings. The number of hydrogen-bond acceptors (Lipinski definition) is 2. The molecule has 0 spiro atoms. The Balaban J connectivity index is 1.88. The average molecular weight is 306 g/mol. The van der Waals surface area contributed by atoms with Crippen molar-refractivity contribution < 1.29 is 0 Å². The molecule has 21 heavy (non-hydrogen) atoms. The standard InChI is InChI=1S/C19H14S2/c1-13-7-5-11-16-18(13)21-19-15(10-6-12-17(19)20-16)14-8-3-2-4-9-14/h2-12H,1H3. The third kappa shape index (κ3) is 2.29. The molecule has 0 amide bonds. The van der Waals surface area contributed by atoms with Gasteiger partial charge in [0.25, 0.3) is 0 Å². The fourth-order valence-corrected chi connectivity index (χ4v) is 5.16. The first-order valence-electron chi connectivity index (χ1n) is 6.97. The van der Waals surface area contributed by atoms with Crippen LogP contribution in [0.4, 0.5) is 0 Å². The molecule has 0 saturated heterocycles. The first-order chi connectivity index (χ1) is 10.3. The lowest BCUT2D eigenvalue weighted by molar-refractivity contribution is 1.12. The molecule has 0 nitrogen and oxygen atoms in total. The van der Waals surface area contributed by atoms with Gasteiger partial charge in [0, 0.05) is 19.6 Å². The highest BCUT2D eigenvalue weighted by molar-refractivity contribution is 8.05. The topological polar surface area (TPSA) is 0 Å². The number of rotatable bonds is 1. The summed E-state index contributed by atoms with van der Waals surface area (Å²) in [5, 5.41) is 0. The van der Waals surface area contributed by atoms with Crippen molar-refractivity contribution >= 4 is 23.5 Å². The van der Waals surface area contributed by atoms with E-state index in [0.717, 1.165) is 0 Å². The molecular weight excluding hydrogens is 292 g/mol. The van der Waals surface area contributed by atoms with Gasteiger partial charge in [-0.3, -0.25) is 0 Å². The van der Waals surface area contributed by atoms with Crippen LogP contribution in [0.1, 0.15) is 5.56 Å². The van der Waals surface area contributed by atoms with Crippen LogP contribution in [-0.2, 0) is 0 Å². The first-order valence-corrected chi connectivity index (χ1v) is 8.60. The molecule has 3 aromatic carbocycles. The maximum atomic E-state index is 2.23. The van der Waals surface area contributed by atoms with E-state index in [1.54, 1.807) is 0 Å². The van der Waals surface area contributed by atoms with E-state index >= 15 is 0 Å². The van der Waals surface area contributed by atoms with Gasteiger partial charge in [-0.05, 0) is 35.7 Å². The Morgan fingerprint density at radius 1 is 0.619 bits per heavy atom. The van der Waals surface area contributed by atoms with Crippen LogP contribution >= 0.6 is 23.5 Å². The molecule has 0 saturated carbocycles. The second-order valence-corrected chi connectivity index (χ2v) is 7.21. The largest absolute Gasteiger partial charge is 0.0877 e. The smallest absolute Gasteiger partial charge is 0.0340 e. The summed E-state index contributed by atoms with van der Waals surface area (Å²) in [6, 6.07) is 23.8. The monoisotopic (exact) mass is 306 g/mol.